The molecule has 0 amide bonds. The van der Waals surface area contributed by atoms with E-state index in [1.165, 1.54) is 11.6 Å². The first-order valence-electron chi connectivity index (χ1n) is 6.22. The predicted octanol–water partition coefficient (Wildman–Crippen LogP) is 3.11. The number of hydrogen-bond acceptors (Lipinski definition) is 3. The zero-order valence-corrected chi connectivity index (χ0v) is 11.8. The molecule has 0 saturated carbocycles. The third kappa shape index (κ3) is 3.71. The van der Waals surface area contributed by atoms with Crippen LogP contribution in [0.3, 0.4) is 0 Å². The van der Waals surface area contributed by atoms with Crippen LogP contribution >= 0.6 is 11.6 Å². The number of rotatable bonds is 5. The van der Waals surface area contributed by atoms with Gasteiger partial charge in [0, 0.05) is 18.6 Å². The molecule has 1 heterocycles. The zero-order chi connectivity index (χ0) is 14.5. The lowest BCUT2D eigenvalue weighted by molar-refractivity contribution is 0.0690. The van der Waals surface area contributed by atoms with Crippen LogP contribution in [0.2, 0.25) is 5.02 Å². The average Bonchev–Trinajstić information content (AvgIpc) is 2.45. The van der Waals surface area contributed by atoms with Gasteiger partial charge in [-0.15, -0.1) is 0 Å². The summed E-state index contributed by atoms with van der Waals surface area (Å²) in [5, 5.41) is 9.36. The Labute approximate surface area is 122 Å². The summed E-state index contributed by atoms with van der Waals surface area (Å²) < 4.78 is 0. The van der Waals surface area contributed by atoms with Gasteiger partial charge in [-0.1, -0.05) is 41.9 Å². The molecule has 0 atom stereocenters. The number of carbonyl (C=O) groups is 1. The Balaban J connectivity index is 2.09. The second-order valence-electron chi connectivity index (χ2n) is 4.49. The van der Waals surface area contributed by atoms with Crippen molar-refractivity contribution in [2.75, 3.05) is 18.5 Å². The van der Waals surface area contributed by atoms with E-state index in [1.807, 2.05) is 30.1 Å². The lowest BCUT2D eigenvalue weighted by atomic mass is 10.1. The summed E-state index contributed by atoms with van der Waals surface area (Å²) >= 11 is 5.93. The minimum absolute atomic E-state index is 0.0425. The second-order valence-corrected chi connectivity index (χ2v) is 4.93. The first-order valence-corrected chi connectivity index (χ1v) is 6.60. The second kappa shape index (κ2) is 6.39. The minimum atomic E-state index is -1.08. The lowest BCUT2D eigenvalue weighted by Crippen LogP contribution is -2.22. The van der Waals surface area contributed by atoms with Crippen LogP contribution in [0.4, 0.5) is 5.82 Å². The highest BCUT2D eigenvalue weighted by Crippen LogP contribution is 2.18. The molecule has 0 fully saturated rings. The number of halogens is 1. The lowest BCUT2D eigenvalue weighted by Gasteiger charge is -2.18. The molecule has 1 N–H and O–H groups in total. The molecule has 2 aromatic rings. The van der Waals surface area contributed by atoms with E-state index in [4.69, 9.17) is 16.7 Å². The van der Waals surface area contributed by atoms with Crippen molar-refractivity contribution >= 4 is 23.4 Å². The standard InChI is InChI=1S/C15H15ClN2O2/c1-18(8-7-11-5-3-2-4-6-11)14-10-12(16)9-13(17-14)15(19)20/h2-6,9-10H,7-8H2,1H3,(H,19,20). The van der Waals surface area contributed by atoms with Gasteiger partial charge in [-0.25, -0.2) is 9.78 Å². The van der Waals surface area contributed by atoms with Gasteiger partial charge >= 0.3 is 5.97 Å². The minimum Gasteiger partial charge on any atom is -0.477 e. The summed E-state index contributed by atoms with van der Waals surface area (Å²) in [6, 6.07) is 13.1. The smallest absolute Gasteiger partial charge is 0.354 e. The summed E-state index contributed by atoms with van der Waals surface area (Å²) in [5.41, 5.74) is 1.18. The van der Waals surface area contributed by atoms with E-state index in [9.17, 15) is 4.79 Å². The molecule has 0 aliphatic heterocycles. The molecule has 1 aromatic heterocycles. The molecule has 2 rings (SSSR count). The van der Waals surface area contributed by atoms with Crippen LogP contribution < -0.4 is 4.90 Å². The number of hydrogen-bond donors (Lipinski definition) is 1. The number of aromatic nitrogens is 1. The molecular weight excluding hydrogens is 276 g/mol. The molecule has 1 aromatic carbocycles. The SMILES string of the molecule is CN(CCc1ccccc1)c1cc(Cl)cc(C(=O)O)n1. The summed E-state index contributed by atoms with van der Waals surface area (Å²) in [4.78, 5) is 16.9. The van der Waals surface area contributed by atoms with Gasteiger partial charge in [0.1, 0.15) is 5.82 Å². The van der Waals surface area contributed by atoms with E-state index in [-0.39, 0.29) is 5.69 Å². The quantitative estimate of drug-likeness (QED) is 0.919. The molecule has 0 bridgehead atoms. The van der Waals surface area contributed by atoms with Gasteiger partial charge in [0.25, 0.3) is 0 Å². The number of likely N-dealkylation sites (N-methyl/N-ethyl adjacent to an activating group) is 1. The van der Waals surface area contributed by atoms with Crippen LogP contribution in [0.25, 0.3) is 0 Å². The molecule has 4 nitrogen and oxygen atoms in total. The van der Waals surface area contributed by atoms with Crippen molar-refractivity contribution in [2.24, 2.45) is 0 Å². The third-order valence-electron chi connectivity index (χ3n) is 2.97. The molecule has 104 valence electrons. The predicted molar refractivity (Wildman–Crippen MR) is 79.6 cm³/mol. The van der Waals surface area contributed by atoms with Crippen LogP contribution in [-0.4, -0.2) is 29.7 Å². The Morgan fingerprint density at radius 3 is 2.65 bits per heavy atom. The van der Waals surface area contributed by atoms with Crippen molar-refractivity contribution in [2.45, 2.75) is 6.42 Å². The highest BCUT2D eigenvalue weighted by atomic mass is 35.5. The summed E-state index contributed by atoms with van der Waals surface area (Å²) in [7, 11) is 1.87. The van der Waals surface area contributed by atoms with Crippen LogP contribution in [-0.2, 0) is 6.42 Å². The van der Waals surface area contributed by atoms with Crippen LogP contribution in [0.1, 0.15) is 16.1 Å². The third-order valence-corrected chi connectivity index (χ3v) is 3.18. The number of carboxylic acid groups (broad SMARTS) is 1. The van der Waals surface area contributed by atoms with E-state index in [0.29, 0.717) is 10.8 Å². The fraction of sp³-hybridized carbons (Fsp3) is 0.200. The monoisotopic (exact) mass is 290 g/mol. The molecular formula is C15H15ClN2O2. The molecule has 0 aliphatic rings. The Morgan fingerprint density at radius 2 is 2.00 bits per heavy atom. The largest absolute Gasteiger partial charge is 0.477 e. The molecule has 0 unspecified atom stereocenters. The van der Waals surface area contributed by atoms with E-state index in [2.05, 4.69) is 17.1 Å². The maximum atomic E-state index is 11.0. The Morgan fingerprint density at radius 1 is 1.30 bits per heavy atom. The fourth-order valence-corrected chi connectivity index (χ4v) is 2.05. The number of carboxylic acids is 1. The Hall–Kier alpha value is -2.07. The van der Waals surface area contributed by atoms with Crippen LogP contribution in [0, 0.1) is 0 Å². The molecule has 0 radical (unpaired) electrons. The van der Waals surface area contributed by atoms with Gasteiger partial charge in [-0.2, -0.15) is 0 Å². The first kappa shape index (κ1) is 14.3. The van der Waals surface area contributed by atoms with Crippen molar-refractivity contribution in [1.82, 2.24) is 4.98 Å². The number of anilines is 1. The van der Waals surface area contributed by atoms with Crippen molar-refractivity contribution in [3.8, 4) is 0 Å². The van der Waals surface area contributed by atoms with Gasteiger partial charge in [0.05, 0.1) is 0 Å². The van der Waals surface area contributed by atoms with Gasteiger partial charge < -0.3 is 10.0 Å². The summed E-state index contributed by atoms with van der Waals surface area (Å²) in [6.07, 6.45) is 0.855. The van der Waals surface area contributed by atoms with Crippen molar-refractivity contribution in [3.05, 3.63) is 58.7 Å². The van der Waals surface area contributed by atoms with Gasteiger partial charge in [0.2, 0.25) is 0 Å². The molecule has 0 aliphatic carbocycles. The summed E-state index contributed by atoms with van der Waals surface area (Å²) in [5.74, 6) is -0.518. The summed E-state index contributed by atoms with van der Waals surface area (Å²) in [6.45, 7) is 0.733. The number of aromatic carboxylic acids is 1. The van der Waals surface area contributed by atoms with Crippen molar-refractivity contribution in [1.29, 1.82) is 0 Å². The van der Waals surface area contributed by atoms with E-state index < -0.39 is 5.97 Å². The van der Waals surface area contributed by atoms with Gasteiger partial charge in [0.15, 0.2) is 5.69 Å². The molecule has 0 saturated heterocycles. The van der Waals surface area contributed by atoms with Crippen molar-refractivity contribution < 1.29 is 9.90 Å². The highest BCUT2D eigenvalue weighted by Gasteiger charge is 2.11. The Kier molecular flexibility index (Phi) is 4.58. The maximum absolute atomic E-state index is 11.0. The zero-order valence-electron chi connectivity index (χ0n) is 11.1. The van der Waals surface area contributed by atoms with E-state index >= 15 is 0 Å². The number of nitrogens with zero attached hydrogens (tertiary/aromatic N) is 2. The first-order chi connectivity index (χ1) is 9.56. The molecule has 20 heavy (non-hydrogen) atoms. The van der Waals surface area contributed by atoms with Crippen LogP contribution in [0.15, 0.2) is 42.5 Å². The van der Waals surface area contributed by atoms with Crippen LogP contribution in [0.5, 0.6) is 0 Å². The molecule has 5 heteroatoms. The van der Waals surface area contributed by atoms with Gasteiger partial charge in [-0.3, -0.25) is 0 Å². The average molecular weight is 291 g/mol. The maximum Gasteiger partial charge on any atom is 0.354 e. The number of benzene rings is 1. The topological polar surface area (TPSA) is 53.4 Å². The Bertz CT molecular complexity index is 602. The fourth-order valence-electron chi connectivity index (χ4n) is 1.84. The van der Waals surface area contributed by atoms with Crippen molar-refractivity contribution in [3.63, 3.8) is 0 Å². The normalized spacial score (nSPS) is 10.3. The molecule has 0 spiro atoms. The van der Waals surface area contributed by atoms with Gasteiger partial charge in [-0.05, 0) is 24.1 Å². The van der Waals surface area contributed by atoms with E-state index in [0.717, 1.165) is 13.0 Å². The number of pyridine rings is 1. The highest BCUT2D eigenvalue weighted by molar-refractivity contribution is 6.31. The van der Waals surface area contributed by atoms with E-state index in [1.54, 1.807) is 6.07 Å².